The van der Waals surface area contributed by atoms with Gasteiger partial charge in [0.05, 0.1) is 6.42 Å². The molecule has 1 unspecified atom stereocenters. The van der Waals surface area contributed by atoms with Crippen LogP contribution in [0.2, 0.25) is 0 Å². The van der Waals surface area contributed by atoms with E-state index in [1.54, 1.807) is 9.80 Å². The molecule has 0 bridgehead atoms. The lowest BCUT2D eigenvalue weighted by Gasteiger charge is -2.32. The molecule has 2 saturated carbocycles. The smallest absolute Gasteiger partial charge is 0.320 e. The summed E-state index contributed by atoms with van der Waals surface area (Å²) in [5, 5.41) is 8.74. The van der Waals surface area contributed by atoms with Crippen LogP contribution in [0.15, 0.2) is 0 Å². The number of aliphatic carboxylic acids is 1. The molecule has 0 aromatic carbocycles. The quantitative estimate of drug-likeness (QED) is 0.786. The zero-order valence-corrected chi connectivity index (χ0v) is 11.1. The summed E-state index contributed by atoms with van der Waals surface area (Å²) in [6, 6.07) is 0.535. The van der Waals surface area contributed by atoms with Crippen LogP contribution in [-0.4, -0.2) is 52.6 Å². The summed E-state index contributed by atoms with van der Waals surface area (Å²) in [7, 11) is 1.83. The fraction of sp³-hybridized carbons (Fsp3) is 0.846. The Bertz CT molecular complexity index is 337. The Kier molecular flexibility index (Phi) is 3.78. The number of hydrogen-bond donors (Lipinski definition) is 1. The van der Waals surface area contributed by atoms with Crippen LogP contribution in [0.25, 0.3) is 0 Å². The largest absolute Gasteiger partial charge is 0.481 e. The van der Waals surface area contributed by atoms with Crippen molar-refractivity contribution in [3.63, 3.8) is 0 Å². The van der Waals surface area contributed by atoms with Gasteiger partial charge in [0.15, 0.2) is 0 Å². The van der Waals surface area contributed by atoms with Gasteiger partial charge < -0.3 is 14.9 Å². The first kappa shape index (κ1) is 13.2. The Morgan fingerprint density at radius 2 is 1.89 bits per heavy atom. The van der Waals surface area contributed by atoms with Crippen LogP contribution in [0.3, 0.4) is 0 Å². The molecule has 2 aliphatic rings. The number of carbonyl (C=O) groups excluding carboxylic acids is 1. The van der Waals surface area contributed by atoms with Gasteiger partial charge in [-0.05, 0) is 38.5 Å². The fourth-order valence-electron chi connectivity index (χ4n) is 2.31. The average molecular weight is 254 g/mol. The van der Waals surface area contributed by atoms with E-state index in [1.807, 2.05) is 7.05 Å². The normalized spacial score (nSPS) is 20.3. The van der Waals surface area contributed by atoms with Crippen LogP contribution < -0.4 is 0 Å². The van der Waals surface area contributed by atoms with E-state index in [0.717, 1.165) is 12.8 Å². The second-order valence-electron chi connectivity index (χ2n) is 5.54. The number of carboxylic acid groups (broad SMARTS) is 1. The Morgan fingerprint density at radius 1 is 1.28 bits per heavy atom. The number of nitrogens with zero attached hydrogens (tertiary/aromatic N) is 2. The lowest BCUT2D eigenvalue weighted by molar-refractivity contribution is -0.137. The van der Waals surface area contributed by atoms with Gasteiger partial charge in [0.2, 0.25) is 0 Å². The first-order chi connectivity index (χ1) is 8.50. The van der Waals surface area contributed by atoms with Crippen molar-refractivity contribution in [3.8, 4) is 0 Å². The minimum Gasteiger partial charge on any atom is -0.481 e. The first-order valence-electron chi connectivity index (χ1n) is 6.76. The standard InChI is InChI=1S/C13H22N2O3/c1-9(10-3-4-10)14(2)13(18)15(11-5-6-11)8-7-12(16)17/h9-11H,3-8H2,1-2H3,(H,16,17). The van der Waals surface area contributed by atoms with E-state index in [2.05, 4.69) is 6.92 Å². The summed E-state index contributed by atoms with van der Waals surface area (Å²) in [6.07, 6.45) is 4.47. The van der Waals surface area contributed by atoms with Crippen LogP contribution in [0.5, 0.6) is 0 Å². The van der Waals surface area contributed by atoms with Crippen molar-refractivity contribution in [2.24, 2.45) is 5.92 Å². The number of urea groups is 1. The summed E-state index contributed by atoms with van der Waals surface area (Å²) in [5.41, 5.74) is 0. The summed E-state index contributed by atoms with van der Waals surface area (Å²) >= 11 is 0. The van der Waals surface area contributed by atoms with Gasteiger partial charge in [0, 0.05) is 25.7 Å². The number of carboxylic acids is 1. The van der Waals surface area contributed by atoms with Crippen LogP contribution in [0.1, 0.15) is 39.0 Å². The molecule has 0 aliphatic heterocycles. The van der Waals surface area contributed by atoms with Gasteiger partial charge in [-0.2, -0.15) is 0 Å². The minimum absolute atomic E-state index is 0.00171. The molecule has 0 aromatic heterocycles. The molecule has 1 atom stereocenters. The second kappa shape index (κ2) is 5.16. The minimum atomic E-state index is -0.841. The number of carbonyl (C=O) groups is 2. The van der Waals surface area contributed by atoms with Gasteiger partial charge in [0.25, 0.3) is 0 Å². The third-order valence-electron chi connectivity index (χ3n) is 4.02. The molecular formula is C13H22N2O3. The zero-order valence-electron chi connectivity index (χ0n) is 11.1. The number of amides is 2. The van der Waals surface area contributed by atoms with Crippen LogP contribution >= 0.6 is 0 Å². The van der Waals surface area contributed by atoms with Crippen molar-refractivity contribution in [3.05, 3.63) is 0 Å². The Hall–Kier alpha value is -1.26. The molecule has 5 nitrogen and oxygen atoms in total. The highest BCUT2D eigenvalue weighted by atomic mass is 16.4. The van der Waals surface area contributed by atoms with Gasteiger partial charge in [-0.3, -0.25) is 4.79 Å². The lowest BCUT2D eigenvalue weighted by atomic mass is 10.2. The van der Waals surface area contributed by atoms with Crippen molar-refractivity contribution < 1.29 is 14.7 Å². The molecule has 1 N–H and O–H groups in total. The van der Waals surface area contributed by atoms with E-state index in [4.69, 9.17) is 5.11 Å². The molecule has 0 aromatic rings. The molecule has 2 rings (SSSR count). The molecule has 18 heavy (non-hydrogen) atoms. The monoisotopic (exact) mass is 254 g/mol. The van der Waals surface area contributed by atoms with Gasteiger partial charge in [-0.1, -0.05) is 0 Å². The van der Waals surface area contributed by atoms with Crippen LogP contribution in [0.4, 0.5) is 4.79 Å². The van der Waals surface area contributed by atoms with E-state index < -0.39 is 5.97 Å². The molecule has 2 fully saturated rings. The van der Waals surface area contributed by atoms with E-state index in [-0.39, 0.29) is 24.5 Å². The van der Waals surface area contributed by atoms with E-state index in [0.29, 0.717) is 12.5 Å². The van der Waals surface area contributed by atoms with Gasteiger partial charge in [-0.15, -0.1) is 0 Å². The molecule has 0 heterocycles. The van der Waals surface area contributed by atoms with Crippen molar-refractivity contribution in [1.82, 2.24) is 9.80 Å². The van der Waals surface area contributed by atoms with Crippen LogP contribution in [0, 0.1) is 5.92 Å². The highest BCUT2D eigenvalue weighted by molar-refractivity contribution is 5.76. The molecule has 0 spiro atoms. The predicted octanol–water partition coefficient (Wildman–Crippen LogP) is 1.78. The first-order valence-corrected chi connectivity index (χ1v) is 6.76. The molecular weight excluding hydrogens is 232 g/mol. The lowest BCUT2D eigenvalue weighted by Crippen LogP contribution is -2.47. The maximum absolute atomic E-state index is 12.4. The SMILES string of the molecule is CC(C1CC1)N(C)C(=O)N(CCC(=O)O)C1CC1. The second-order valence-corrected chi connectivity index (χ2v) is 5.54. The van der Waals surface area contributed by atoms with Gasteiger partial charge >= 0.3 is 12.0 Å². The molecule has 0 saturated heterocycles. The highest BCUT2D eigenvalue weighted by Gasteiger charge is 2.38. The number of rotatable bonds is 6. The topological polar surface area (TPSA) is 60.9 Å². The summed E-state index contributed by atoms with van der Waals surface area (Å²) in [6.45, 7) is 2.42. The predicted molar refractivity (Wildman–Crippen MR) is 67.3 cm³/mol. The molecule has 0 radical (unpaired) electrons. The van der Waals surface area contributed by atoms with Crippen LogP contribution in [-0.2, 0) is 4.79 Å². The third-order valence-corrected chi connectivity index (χ3v) is 4.02. The average Bonchev–Trinajstić information content (AvgIpc) is 3.16. The zero-order chi connectivity index (χ0) is 13.3. The third kappa shape index (κ3) is 3.15. The molecule has 5 heteroatoms. The highest BCUT2D eigenvalue weighted by Crippen LogP contribution is 2.36. The van der Waals surface area contributed by atoms with Crippen molar-refractivity contribution in [2.45, 2.75) is 51.1 Å². The van der Waals surface area contributed by atoms with Crippen molar-refractivity contribution in [2.75, 3.05) is 13.6 Å². The van der Waals surface area contributed by atoms with E-state index >= 15 is 0 Å². The van der Waals surface area contributed by atoms with E-state index in [1.165, 1.54) is 12.8 Å². The Balaban J connectivity index is 1.91. The summed E-state index contributed by atoms with van der Waals surface area (Å²) < 4.78 is 0. The van der Waals surface area contributed by atoms with Crippen molar-refractivity contribution in [1.29, 1.82) is 0 Å². The fourth-order valence-corrected chi connectivity index (χ4v) is 2.31. The summed E-state index contributed by atoms with van der Waals surface area (Å²) in [4.78, 5) is 26.5. The van der Waals surface area contributed by atoms with Gasteiger partial charge in [0.1, 0.15) is 0 Å². The van der Waals surface area contributed by atoms with Crippen molar-refractivity contribution >= 4 is 12.0 Å². The molecule has 2 aliphatic carbocycles. The van der Waals surface area contributed by atoms with Gasteiger partial charge in [-0.25, -0.2) is 4.79 Å². The number of hydrogen-bond acceptors (Lipinski definition) is 2. The van der Waals surface area contributed by atoms with E-state index in [9.17, 15) is 9.59 Å². The Morgan fingerprint density at radius 3 is 2.33 bits per heavy atom. The Labute approximate surface area is 108 Å². The summed E-state index contributed by atoms with van der Waals surface area (Å²) in [5.74, 6) is -0.203. The maximum Gasteiger partial charge on any atom is 0.320 e. The maximum atomic E-state index is 12.4. The molecule has 2 amide bonds. The molecule has 102 valence electrons.